The first-order valence-corrected chi connectivity index (χ1v) is 13.2. The van der Waals surface area contributed by atoms with Crippen molar-refractivity contribution in [3.63, 3.8) is 0 Å². The van der Waals surface area contributed by atoms with E-state index in [2.05, 4.69) is 28.9 Å². The lowest BCUT2D eigenvalue weighted by atomic mass is 9.94. The van der Waals surface area contributed by atoms with Crippen molar-refractivity contribution in [3.8, 4) is 0 Å². The number of carbonyl (C=O) groups excluding carboxylic acids is 2. The zero-order chi connectivity index (χ0) is 25.8. The molecule has 0 saturated carbocycles. The second-order valence-electron chi connectivity index (χ2n) is 9.91. The predicted molar refractivity (Wildman–Crippen MR) is 144 cm³/mol. The van der Waals surface area contributed by atoms with Crippen LogP contribution in [0.2, 0.25) is 0 Å². The summed E-state index contributed by atoms with van der Waals surface area (Å²) < 4.78 is 6.02. The Morgan fingerprint density at radius 1 is 0.811 bits per heavy atom. The molecular formula is C30H35N3O4. The fourth-order valence-electron chi connectivity index (χ4n) is 5.42. The average Bonchev–Trinajstić information content (AvgIpc) is 2.93. The fraction of sp³-hybridized carbons (Fsp3) is 0.400. The Morgan fingerprint density at radius 2 is 1.43 bits per heavy atom. The summed E-state index contributed by atoms with van der Waals surface area (Å²) in [6, 6.07) is 21.4. The third-order valence-corrected chi connectivity index (χ3v) is 7.46. The van der Waals surface area contributed by atoms with Gasteiger partial charge < -0.3 is 9.84 Å². The van der Waals surface area contributed by atoms with Gasteiger partial charge >= 0.3 is 0 Å². The molecule has 1 saturated heterocycles. The molecule has 3 aromatic carbocycles. The maximum atomic E-state index is 13.1. The quantitative estimate of drug-likeness (QED) is 0.428. The van der Waals surface area contributed by atoms with Crippen LogP contribution in [0.3, 0.4) is 0 Å². The molecule has 0 spiro atoms. The number of rotatable bonds is 10. The van der Waals surface area contributed by atoms with Crippen LogP contribution in [-0.2, 0) is 4.74 Å². The van der Waals surface area contributed by atoms with Gasteiger partial charge in [-0.3, -0.25) is 24.3 Å². The van der Waals surface area contributed by atoms with Crippen molar-refractivity contribution in [3.05, 3.63) is 83.4 Å². The van der Waals surface area contributed by atoms with Crippen LogP contribution in [-0.4, -0.2) is 90.1 Å². The molecule has 5 rings (SSSR count). The molecule has 194 valence electrons. The fourth-order valence-corrected chi connectivity index (χ4v) is 5.42. The van der Waals surface area contributed by atoms with E-state index < -0.39 is 6.10 Å². The van der Waals surface area contributed by atoms with E-state index >= 15 is 0 Å². The monoisotopic (exact) mass is 501 g/mol. The van der Waals surface area contributed by atoms with E-state index in [-0.39, 0.29) is 17.9 Å². The van der Waals surface area contributed by atoms with Gasteiger partial charge in [0.15, 0.2) is 0 Å². The van der Waals surface area contributed by atoms with Crippen LogP contribution in [0, 0.1) is 0 Å². The first kappa shape index (κ1) is 25.5. The number of hydrogen-bond donors (Lipinski definition) is 1. The lowest BCUT2D eigenvalue weighted by molar-refractivity contribution is -0.0282. The van der Waals surface area contributed by atoms with Crippen molar-refractivity contribution < 1.29 is 19.4 Å². The Morgan fingerprint density at radius 3 is 2.05 bits per heavy atom. The van der Waals surface area contributed by atoms with Gasteiger partial charge in [-0.2, -0.15) is 0 Å². The zero-order valence-corrected chi connectivity index (χ0v) is 21.4. The van der Waals surface area contributed by atoms with E-state index in [0.717, 1.165) is 48.9 Å². The summed E-state index contributed by atoms with van der Waals surface area (Å²) in [7, 11) is 0. The average molecular weight is 502 g/mol. The van der Waals surface area contributed by atoms with Gasteiger partial charge in [0.25, 0.3) is 11.8 Å². The standard InChI is InChI=1S/C30H35N3O4/c1-2-27(22-8-4-3-5-9-22)37-21-24(34)20-32-16-14-31(15-17-32)18-19-33-29(35)25-12-6-10-23-11-7-13-26(28(23)25)30(33)36/h3-13,24,27,34H,2,14-21H2,1H3/t24-,27+/m0/s1. The van der Waals surface area contributed by atoms with Gasteiger partial charge in [0.05, 0.1) is 18.8 Å². The second-order valence-corrected chi connectivity index (χ2v) is 9.91. The second kappa shape index (κ2) is 11.5. The van der Waals surface area contributed by atoms with Crippen LogP contribution in [0.4, 0.5) is 0 Å². The number of aliphatic hydroxyl groups excluding tert-OH is 1. The topological polar surface area (TPSA) is 73.3 Å². The molecule has 0 aromatic heterocycles. The Balaban J connectivity index is 1.08. The number of carbonyl (C=O) groups is 2. The largest absolute Gasteiger partial charge is 0.389 e. The molecule has 0 radical (unpaired) electrons. The molecule has 7 heteroatoms. The number of β-amino-alcohol motifs (C(OH)–C–C–N with tert-alkyl or cyclic N) is 1. The van der Waals surface area contributed by atoms with Crippen molar-refractivity contribution in [2.45, 2.75) is 25.6 Å². The third-order valence-electron chi connectivity index (χ3n) is 7.46. The first-order valence-electron chi connectivity index (χ1n) is 13.2. The highest BCUT2D eigenvalue weighted by Crippen LogP contribution is 2.30. The third kappa shape index (κ3) is 5.60. The van der Waals surface area contributed by atoms with E-state index in [4.69, 9.17) is 4.74 Å². The number of amides is 2. The number of aliphatic hydroxyl groups is 1. The van der Waals surface area contributed by atoms with E-state index in [9.17, 15) is 14.7 Å². The van der Waals surface area contributed by atoms with Crippen molar-refractivity contribution in [2.24, 2.45) is 0 Å². The van der Waals surface area contributed by atoms with Gasteiger partial charge in [0, 0.05) is 62.3 Å². The van der Waals surface area contributed by atoms with Crippen molar-refractivity contribution in [2.75, 3.05) is 52.4 Å². The highest BCUT2D eigenvalue weighted by molar-refractivity contribution is 6.25. The van der Waals surface area contributed by atoms with E-state index in [1.54, 1.807) is 0 Å². The Bertz CT molecular complexity index is 1190. The highest BCUT2D eigenvalue weighted by Gasteiger charge is 2.33. The molecule has 2 aliphatic rings. The summed E-state index contributed by atoms with van der Waals surface area (Å²) in [4.78, 5) is 32.2. The molecule has 2 aliphatic heterocycles. The smallest absolute Gasteiger partial charge is 0.261 e. The van der Waals surface area contributed by atoms with Crippen LogP contribution in [0.5, 0.6) is 0 Å². The van der Waals surface area contributed by atoms with Crippen molar-refractivity contribution in [1.29, 1.82) is 0 Å². The zero-order valence-electron chi connectivity index (χ0n) is 21.4. The van der Waals surface area contributed by atoms with E-state index in [1.165, 1.54) is 4.90 Å². The number of benzene rings is 3. The number of imide groups is 1. The van der Waals surface area contributed by atoms with Gasteiger partial charge in [0.1, 0.15) is 0 Å². The summed E-state index contributed by atoms with van der Waals surface area (Å²) in [6.07, 6.45) is 0.306. The molecule has 37 heavy (non-hydrogen) atoms. The molecular weight excluding hydrogens is 466 g/mol. The minimum Gasteiger partial charge on any atom is -0.389 e. The van der Waals surface area contributed by atoms with Crippen LogP contribution in [0.15, 0.2) is 66.7 Å². The predicted octanol–water partition coefficient (Wildman–Crippen LogP) is 3.58. The molecule has 0 unspecified atom stereocenters. The SMILES string of the molecule is CC[C@@H](OC[C@@H](O)CN1CCN(CCN2C(=O)c3cccc4cccc(c34)C2=O)CC1)c1ccccc1. The van der Waals surface area contributed by atoms with Gasteiger partial charge in [-0.05, 0) is 29.5 Å². The van der Waals surface area contributed by atoms with Gasteiger partial charge in [-0.25, -0.2) is 0 Å². The molecule has 2 amide bonds. The molecule has 0 aliphatic carbocycles. The number of nitrogens with zero attached hydrogens (tertiary/aromatic N) is 3. The lowest BCUT2D eigenvalue weighted by Crippen LogP contribution is -2.51. The molecule has 2 atom stereocenters. The summed E-state index contributed by atoms with van der Waals surface area (Å²) >= 11 is 0. The summed E-state index contributed by atoms with van der Waals surface area (Å²) in [5.74, 6) is -0.422. The maximum absolute atomic E-state index is 13.1. The normalized spacial score (nSPS) is 18.4. The first-order chi connectivity index (χ1) is 18.0. The molecule has 2 heterocycles. The van der Waals surface area contributed by atoms with Gasteiger partial charge in [0.2, 0.25) is 0 Å². The van der Waals surface area contributed by atoms with E-state index in [1.807, 2.05) is 54.6 Å². The van der Waals surface area contributed by atoms with Crippen LogP contribution >= 0.6 is 0 Å². The van der Waals surface area contributed by atoms with Crippen LogP contribution in [0.1, 0.15) is 45.7 Å². The highest BCUT2D eigenvalue weighted by atomic mass is 16.5. The minimum absolute atomic E-state index is 0.00754. The molecule has 1 fully saturated rings. The Labute approximate surface area is 218 Å². The number of piperazine rings is 1. The Hall–Kier alpha value is -3.10. The lowest BCUT2D eigenvalue weighted by Gasteiger charge is -2.37. The summed E-state index contributed by atoms with van der Waals surface area (Å²) in [5, 5.41) is 12.3. The summed E-state index contributed by atoms with van der Waals surface area (Å²) in [5.41, 5.74) is 2.34. The molecule has 7 nitrogen and oxygen atoms in total. The van der Waals surface area contributed by atoms with Crippen LogP contribution in [0.25, 0.3) is 10.8 Å². The number of ether oxygens (including phenoxy) is 1. The van der Waals surface area contributed by atoms with E-state index in [0.29, 0.717) is 37.4 Å². The van der Waals surface area contributed by atoms with Gasteiger partial charge in [-0.1, -0.05) is 61.5 Å². The minimum atomic E-state index is -0.546. The molecule has 0 bridgehead atoms. The Kier molecular flexibility index (Phi) is 7.96. The van der Waals surface area contributed by atoms with Crippen molar-refractivity contribution >= 4 is 22.6 Å². The van der Waals surface area contributed by atoms with Crippen LogP contribution < -0.4 is 0 Å². The maximum Gasteiger partial charge on any atom is 0.261 e. The van der Waals surface area contributed by atoms with Gasteiger partial charge in [-0.15, -0.1) is 0 Å². The summed E-state index contributed by atoms with van der Waals surface area (Å²) in [6.45, 7) is 7.31. The molecule has 1 N–H and O–H groups in total. The van der Waals surface area contributed by atoms with Crippen molar-refractivity contribution in [1.82, 2.24) is 14.7 Å². The number of hydrogen-bond acceptors (Lipinski definition) is 6. The molecule has 3 aromatic rings.